The maximum absolute atomic E-state index is 12.5. The van der Waals surface area contributed by atoms with Crippen molar-refractivity contribution in [3.8, 4) is 0 Å². The summed E-state index contributed by atoms with van der Waals surface area (Å²) in [5.41, 5.74) is 0.567. The van der Waals surface area contributed by atoms with Gasteiger partial charge < -0.3 is 20.3 Å². The van der Waals surface area contributed by atoms with Crippen LogP contribution in [0.4, 0.5) is 10.6 Å². The topological polar surface area (TPSA) is 83.6 Å². The SMILES string of the molecule is CCOC(=O)N1CCC(NC(=O)c2ccc(NC3CCCCC3)nc2)CC1. The molecular weight excluding hydrogens is 344 g/mol. The molecule has 2 aliphatic rings. The number of aromatic nitrogens is 1. The van der Waals surface area contributed by atoms with Crippen LogP contribution in [0.15, 0.2) is 18.3 Å². The summed E-state index contributed by atoms with van der Waals surface area (Å²) in [7, 11) is 0. The van der Waals surface area contributed by atoms with Crippen LogP contribution in [0, 0.1) is 0 Å². The second-order valence-corrected chi connectivity index (χ2v) is 7.35. The Balaban J connectivity index is 1.45. The van der Waals surface area contributed by atoms with Gasteiger partial charge in [0.1, 0.15) is 5.82 Å². The molecule has 7 nitrogen and oxygen atoms in total. The van der Waals surface area contributed by atoms with Crippen molar-refractivity contribution in [3.63, 3.8) is 0 Å². The van der Waals surface area contributed by atoms with Crippen LogP contribution < -0.4 is 10.6 Å². The third kappa shape index (κ3) is 5.58. The van der Waals surface area contributed by atoms with Crippen molar-refractivity contribution in [1.82, 2.24) is 15.2 Å². The maximum Gasteiger partial charge on any atom is 0.409 e. The van der Waals surface area contributed by atoms with Gasteiger partial charge in [-0.15, -0.1) is 0 Å². The number of likely N-dealkylation sites (tertiary alicyclic amines) is 1. The fourth-order valence-electron chi connectivity index (χ4n) is 3.76. The van der Waals surface area contributed by atoms with Crippen LogP contribution in [0.5, 0.6) is 0 Å². The summed E-state index contributed by atoms with van der Waals surface area (Å²) in [6.07, 6.45) is 9.08. The van der Waals surface area contributed by atoms with E-state index in [1.807, 2.05) is 12.1 Å². The molecule has 2 N–H and O–H groups in total. The van der Waals surface area contributed by atoms with Crippen molar-refractivity contribution in [2.24, 2.45) is 0 Å². The first-order chi connectivity index (χ1) is 13.2. The van der Waals surface area contributed by atoms with Crippen molar-refractivity contribution >= 4 is 17.8 Å². The monoisotopic (exact) mass is 374 g/mol. The predicted octanol–water partition coefficient (Wildman–Crippen LogP) is 3.18. The Kier molecular flexibility index (Phi) is 6.90. The maximum atomic E-state index is 12.5. The number of pyridine rings is 1. The van der Waals surface area contributed by atoms with Crippen molar-refractivity contribution < 1.29 is 14.3 Å². The van der Waals surface area contributed by atoms with Gasteiger partial charge in [0, 0.05) is 31.4 Å². The number of carbonyl (C=O) groups excluding carboxylic acids is 2. The van der Waals surface area contributed by atoms with E-state index >= 15 is 0 Å². The molecule has 148 valence electrons. The lowest BCUT2D eigenvalue weighted by molar-refractivity contribution is 0.0860. The standard InChI is InChI=1S/C20H30N4O3/c1-2-27-20(26)24-12-10-17(11-13-24)23-19(25)15-8-9-18(21-14-15)22-16-6-4-3-5-7-16/h8-9,14,16-17H,2-7,10-13H2,1H3,(H,21,22)(H,23,25). The Morgan fingerprint density at radius 1 is 1.11 bits per heavy atom. The normalized spacial score (nSPS) is 18.8. The number of rotatable bonds is 5. The van der Waals surface area contributed by atoms with Crippen LogP contribution in [-0.2, 0) is 4.74 Å². The Morgan fingerprint density at radius 3 is 2.48 bits per heavy atom. The number of carbonyl (C=O) groups is 2. The number of anilines is 1. The molecule has 7 heteroatoms. The van der Waals surface area contributed by atoms with Crippen LogP contribution in [0.2, 0.25) is 0 Å². The highest BCUT2D eigenvalue weighted by atomic mass is 16.6. The van der Waals surface area contributed by atoms with Crippen LogP contribution in [0.3, 0.4) is 0 Å². The van der Waals surface area contributed by atoms with E-state index in [4.69, 9.17) is 4.74 Å². The Bertz CT molecular complexity index is 621. The van der Waals surface area contributed by atoms with E-state index in [0.29, 0.717) is 31.3 Å². The minimum absolute atomic E-state index is 0.0724. The van der Waals surface area contributed by atoms with Gasteiger partial charge in [0.05, 0.1) is 12.2 Å². The lowest BCUT2D eigenvalue weighted by Crippen LogP contribution is -2.46. The molecule has 2 fully saturated rings. The summed E-state index contributed by atoms with van der Waals surface area (Å²) in [5.74, 6) is 0.725. The Labute approximate surface area is 160 Å². The van der Waals surface area contributed by atoms with Gasteiger partial charge in [-0.25, -0.2) is 9.78 Å². The molecule has 1 saturated heterocycles. The third-order valence-electron chi connectivity index (χ3n) is 5.34. The zero-order chi connectivity index (χ0) is 19.1. The molecule has 1 aromatic rings. The molecule has 27 heavy (non-hydrogen) atoms. The number of hydrogen-bond acceptors (Lipinski definition) is 5. The Hall–Kier alpha value is -2.31. The molecule has 0 spiro atoms. The van der Waals surface area contributed by atoms with Gasteiger partial charge in [0.15, 0.2) is 0 Å². The van der Waals surface area contributed by atoms with Crippen LogP contribution in [0.1, 0.15) is 62.2 Å². The first-order valence-electron chi connectivity index (χ1n) is 10.1. The van der Waals surface area contributed by atoms with E-state index in [1.54, 1.807) is 18.0 Å². The van der Waals surface area contributed by atoms with Crippen LogP contribution in [0.25, 0.3) is 0 Å². The summed E-state index contributed by atoms with van der Waals surface area (Å²) in [5, 5.41) is 6.51. The lowest BCUT2D eigenvalue weighted by Gasteiger charge is -2.31. The van der Waals surface area contributed by atoms with Gasteiger partial charge in [0.2, 0.25) is 0 Å². The van der Waals surface area contributed by atoms with Gasteiger partial charge in [-0.3, -0.25) is 4.79 Å². The molecule has 0 atom stereocenters. The van der Waals surface area contributed by atoms with Gasteiger partial charge >= 0.3 is 6.09 Å². The number of nitrogens with zero attached hydrogens (tertiary/aromatic N) is 2. The van der Waals surface area contributed by atoms with E-state index < -0.39 is 0 Å². The van der Waals surface area contributed by atoms with Crippen LogP contribution >= 0.6 is 0 Å². The quantitative estimate of drug-likeness (QED) is 0.827. The fourth-order valence-corrected chi connectivity index (χ4v) is 3.76. The highest BCUT2D eigenvalue weighted by molar-refractivity contribution is 5.94. The zero-order valence-electron chi connectivity index (χ0n) is 16.1. The summed E-state index contributed by atoms with van der Waals surface area (Å²) >= 11 is 0. The van der Waals surface area contributed by atoms with E-state index in [-0.39, 0.29) is 18.0 Å². The molecule has 1 aromatic heterocycles. The highest BCUT2D eigenvalue weighted by Crippen LogP contribution is 2.21. The molecule has 1 saturated carbocycles. The molecule has 3 rings (SSSR count). The third-order valence-corrected chi connectivity index (χ3v) is 5.34. The zero-order valence-corrected chi connectivity index (χ0v) is 16.1. The number of piperidine rings is 1. The van der Waals surface area contributed by atoms with Gasteiger partial charge in [-0.05, 0) is 44.7 Å². The van der Waals surface area contributed by atoms with Crippen molar-refractivity contribution in [2.75, 3.05) is 25.0 Å². The first kappa shape index (κ1) is 19.5. The average Bonchev–Trinajstić information content (AvgIpc) is 2.70. The first-order valence-corrected chi connectivity index (χ1v) is 10.1. The molecule has 0 aromatic carbocycles. The van der Waals surface area contributed by atoms with E-state index in [1.165, 1.54) is 32.1 Å². The second-order valence-electron chi connectivity index (χ2n) is 7.35. The predicted molar refractivity (Wildman–Crippen MR) is 104 cm³/mol. The second kappa shape index (κ2) is 9.58. The van der Waals surface area contributed by atoms with Crippen molar-refractivity contribution in [2.45, 2.75) is 64.0 Å². The number of amides is 2. The van der Waals surface area contributed by atoms with E-state index in [0.717, 1.165) is 18.7 Å². The number of hydrogen-bond donors (Lipinski definition) is 2. The minimum atomic E-state index is -0.271. The van der Waals surface area contributed by atoms with Gasteiger partial charge in [-0.1, -0.05) is 19.3 Å². The highest BCUT2D eigenvalue weighted by Gasteiger charge is 2.25. The summed E-state index contributed by atoms with van der Waals surface area (Å²) in [4.78, 5) is 30.3. The molecule has 1 aliphatic heterocycles. The molecule has 0 radical (unpaired) electrons. The van der Waals surface area contributed by atoms with Gasteiger partial charge in [-0.2, -0.15) is 0 Å². The molecule has 2 heterocycles. The molecule has 1 aliphatic carbocycles. The molecule has 0 unspecified atom stereocenters. The summed E-state index contributed by atoms with van der Waals surface area (Å²) < 4.78 is 5.02. The van der Waals surface area contributed by atoms with E-state index in [9.17, 15) is 9.59 Å². The average molecular weight is 374 g/mol. The summed E-state index contributed by atoms with van der Waals surface area (Å²) in [6.45, 7) is 3.39. The largest absolute Gasteiger partial charge is 0.450 e. The van der Waals surface area contributed by atoms with Gasteiger partial charge in [0.25, 0.3) is 5.91 Å². The molecule has 2 amide bonds. The molecular formula is C20H30N4O3. The fraction of sp³-hybridized carbons (Fsp3) is 0.650. The van der Waals surface area contributed by atoms with Crippen LogP contribution in [-0.4, -0.2) is 53.7 Å². The smallest absolute Gasteiger partial charge is 0.409 e. The van der Waals surface area contributed by atoms with Crippen molar-refractivity contribution in [1.29, 1.82) is 0 Å². The number of ether oxygens (including phenoxy) is 1. The minimum Gasteiger partial charge on any atom is -0.450 e. The number of nitrogens with one attached hydrogen (secondary N) is 2. The van der Waals surface area contributed by atoms with E-state index in [2.05, 4.69) is 15.6 Å². The Morgan fingerprint density at radius 2 is 1.85 bits per heavy atom. The molecule has 0 bridgehead atoms. The lowest BCUT2D eigenvalue weighted by atomic mass is 9.95. The summed E-state index contributed by atoms with van der Waals surface area (Å²) in [6, 6.07) is 4.27. The van der Waals surface area contributed by atoms with Crippen molar-refractivity contribution in [3.05, 3.63) is 23.9 Å².